The highest BCUT2D eigenvalue weighted by Gasteiger charge is 2.35. The zero-order valence-electron chi connectivity index (χ0n) is 16.7. The third-order valence-electron chi connectivity index (χ3n) is 5.04. The van der Waals surface area contributed by atoms with Crippen LogP contribution in [0.15, 0.2) is 15.8 Å². The molecule has 1 aliphatic rings. The van der Waals surface area contributed by atoms with E-state index in [1.54, 1.807) is 0 Å². The molecular weight excluding hydrogens is 360 g/mol. The van der Waals surface area contributed by atoms with Gasteiger partial charge in [-0.2, -0.15) is 0 Å². The number of aromatic nitrogens is 2. The van der Waals surface area contributed by atoms with Gasteiger partial charge in [-0.3, -0.25) is 14.3 Å². The number of unbranched alkanes of at least 4 members (excludes halogenated alkanes) is 8. The monoisotopic (exact) mass is 392 g/mol. The molecule has 1 aromatic rings. The minimum absolute atomic E-state index is 0.169. The molecule has 1 unspecified atom stereocenters. The number of aromatic amines is 1. The van der Waals surface area contributed by atoms with E-state index in [4.69, 9.17) is 4.74 Å². The van der Waals surface area contributed by atoms with Crippen LogP contribution in [0.2, 0.25) is 0 Å². The lowest BCUT2D eigenvalue weighted by molar-refractivity contribution is -0.0459. The maximum absolute atomic E-state index is 12.1. The normalized spacial score (nSPS) is 21.5. The molecule has 1 aliphatic heterocycles. The highest BCUT2D eigenvalue weighted by atomic mass is 16.5. The fourth-order valence-corrected chi connectivity index (χ4v) is 3.34. The molecule has 2 rings (SSSR count). The highest BCUT2D eigenvalue weighted by Crippen LogP contribution is 2.27. The summed E-state index contributed by atoms with van der Waals surface area (Å²) in [6.45, 7) is 1.88. The number of rotatable bonds is 10. The summed E-state index contributed by atoms with van der Waals surface area (Å²) in [6, 6.07) is 0. The second-order valence-electron chi connectivity index (χ2n) is 7.35. The molecule has 0 bridgehead atoms. The summed E-state index contributed by atoms with van der Waals surface area (Å²) in [7, 11) is 0. The van der Waals surface area contributed by atoms with E-state index in [2.05, 4.69) is 23.7 Å². The van der Waals surface area contributed by atoms with Gasteiger partial charge >= 0.3 is 5.69 Å². The number of nitrogens with zero attached hydrogens (tertiary/aromatic N) is 1. The molecule has 2 heterocycles. The topological polar surface area (TPSA) is 105 Å². The van der Waals surface area contributed by atoms with Crippen molar-refractivity contribution < 1.29 is 14.9 Å². The maximum Gasteiger partial charge on any atom is 0.330 e. The van der Waals surface area contributed by atoms with Gasteiger partial charge in [0.1, 0.15) is 17.9 Å². The van der Waals surface area contributed by atoms with Gasteiger partial charge in [0.2, 0.25) is 0 Å². The minimum atomic E-state index is -0.856. The highest BCUT2D eigenvalue weighted by molar-refractivity contribution is 5.29. The van der Waals surface area contributed by atoms with E-state index in [0.29, 0.717) is 6.42 Å². The van der Waals surface area contributed by atoms with Crippen molar-refractivity contribution in [2.24, 2.45) is 0 Å². The zero-order valence-corrected chi connectivity index (χ0v) is 16.7. The van der Waals surface area contributed by atoms with Crippen LogP contribution in [0.3, 0.4) is 0 Å². The summed E-state index contributed by atoms with van der Waals surface area (Å²) in [6.07, 6.45) is 9.72. The Morgan fingerprint density at radius 2 is 1.86 bits per heavy atom. The van der Waals surface area contributed by atoms with Crippen molar-refractivity contribution in [1.82, 2.24) is 9.55 Å². The van der Waals surface area contributed by atoms with Gasteiger partial charge in [-0.05, 0) is 6.42 Å². The molecule has 0 amide bonds. The van der Waals surface area contributed by atoms with Crippen LogP contribution in [0.25, 0.3) is 0 Å². The quantitative estimate of drug-likeness (QED) is 0.418. The van der Waals surface area contributed by atoms with E-state index in [0.717, 1.165) is 12.8 Å². The van der Waals surface area contributed by atoms with Crippen molar-refractivity contribution in [3.63, 3.8) is 0 Å². The fraction of sp³-hybridized carbons (Fsp3) is 0.714. The molecule has 3 atom stereocenters. The molecule has 0 aliphatic carbocycles. The number of aliphatic hydroxyl groups is 2. The first kappa shape index (κ1) is 22.4. The summed E-state index contributed by atoms with van der Waals surface area (Å²) in [5, 5.41) is 19.0. The van der Waals surface area contributed by atoms with Crippen molar-refractivity contribution in [3.8, 4) is 11.8 Å². The Bertz CT molecular complexity index is 773. The van der Waals surface area contributed by atoms with Crippen LogP contribution in [0.5, 0.6) is 0 Å². The van der Waals surface area contributed by atoms with Crippen molar-refractivity contribution in [3.05, 3.63) is 32.6 Å². The summed E-state index contributed by atoms with van der Waals surface area (Å²) in [4.78, 5) is 26.3. The van der Waals surface area contributed by atoms with E-state index in [-0.39, 0.29) is 18.6 Å². The SMILES string of the molecule is CCCCCCCCCCC#Cc1cn([C@@H]2CC(O)[C@H](CO)O2)c(=O)[nH]c1=O. The number of hydrogen-bond donors (Lipinski definition) is 3. The zero-order chi connectivity index (χ0) is 20.4. The van der Waals surface area contributed by atoms with Gasteiger partial charge in [-0.15, -0.1) is 0 Å². The summed E-state index contributed by atoms with van der Waals surface area (Å²) in [5.74, 6) is 5.84. The Morgan fingerprint density at radius 3 is 2.50 bits per heavy atom. The van der Waals surface area contributed by atoms with Crippen molar-refractivity contribution in [2.45, 2.75) is 89.6 Å². The molecule has 0 spiro atoms. The van der Waals surface area contributed by atoms with E-state index in [1.165, 1.54) is 49.3 Å². The predicted octanol–water partition coefficient (Wildman–Crippen LogP) is 2.06. The Hall–Kier alpha value is -1.88. The molecule has 1 fully saturated rings. The van der Waals surface area contributed by atoms with E-state index < -0.39 is 29.7 Å². The first-order valence-corrected chi connectivity index (χ1v) is 10.4. The molecule has 7 nitrogen and oxygen atoms in total. The third kappa shape index (κ3) is 6.62. The van der Waals surface area contributed by atoms with Crippen molar-refractivity contribution in [1.29, 1.82) is 0 Å². The second-order valence-corrected chi connectivity index (χ2v) is 7.35. The lowest BCUT2D eigenvalue weighted by Gasteiger charge is -2.14. The first-order valence-electron chi connectivity index (χ1n) is 10.4. The van der Waals surface area contributed by atoms with Crippen LogP contribution in [0, 0.1) is 11.8 Å². The molecule has 1 saturated heterocycles. The van der Waals surface area contributed by atoms with Gasteiger partial charge in [-0.25, -0.2) is 4.79 Å². The molecule has 7 heteroatoms. The van der Waals surface area contributed by atoms with Crippen LogP contribution in [-0.2, 0) is 4.74 Å². The molecule has 1 aromatic heterocycles. The van der Waals surface area contributed by atoms with Gasteiger partial charge in [0.05, 0.1) is 12.7 Å². The van der Waals surface area contributed by atoms with Gasteiger partial charge in [-0.1, -0.05) is 63.7 Å². The average Bonchev–Trinajstić information content (AvgIpc) is 3.05. The maximum atomic E-state index is 12.1. The van der Waals surface area contributed by atoms with E-state index >= 15 is 0 Å². The summed E-state index contributed by atoms with van der Waals surface area (Å²) < 4.78 is 6.71. The van der Waals surface area contributed by atoms with Crippen LogP contribution in [0.4, 0.5) is 0 Å². The molecule has 0 saturated carbocycles. The van der Waals surface area contributed by atoms with Crippen molar-refractivity contribution >= 4 is 0 Å². The number of H-pyrrole nitrogens is 1. The Morgan fingerprint density at radius 1 is 1.18 bits per heavy atom. The van der Waals surface area contributed by atoms with E-state index in [9.17, 15) is 19.8 Å². The fourth-order valence-electron chi connectivity index (χ4n) is 3.34. The van der Waals surface area contributed by atoms with Crippen LogP contribution >= 0.6 is 0 Å². The Kier molecular flexibility index (Phi) is 9.48. The van der Waals surface area contributed by atoms with E-state index in [1.807, 2.05) is 0 Å². The number of nitrogens with one attached hydrogen (secondary N) is 1. The summed E-state index contributed by atoms with van der Waals surface area (Å²) in [5.41, 5.74) is -0.943. The number of hydrogen-bond acceptors (Lipinski definition) is 5. The molecule has 0 radical (unpaired) electrons. The second kappa shape index (κ2) is 11.8. The molecule has 3 N–H and O–H groups in total. The van der Waals surface area contributed by atoms with Crippen LogP contribution in [0.1, 0.15) is 82.9 Å². The minimum Gasteiger partial charge on any atom is -0.394 e. The number of aliphatic hydroxyl groups excluding tert-OH is 2. The van der Waals surface area contributed by atoms with Gasteiger partial charge in [0, 0.05) is 19.0 Å². The molecular formula is C21H32N2O5. The Balaban J connectivity index is 1.87. The molecule has 156 valence electrons. The summed E-state index contributed by atoms with van der Waals surface area (Å²) >= 11 is 0. The lowest BCUT2D eigenvalue weighted by atomic mass is 10.1. The van der Waals surface area contributed by atoms with Gasteiger partial charge < -0.3 is 14.9 Å². The number of ether oxygens (including phenoxy) is 1. The van der Waals surface area contributed by atoms with Gasteiger partial charge in [0.15, 0.2) is 0 Å². The third-order valence-corrected chi connectivity index (χ3v) is 5.04. The molecule has 0 aromatic carbocycles. The standard InChI is InChI=1S/C21H32N2O5/c1-2-3-4-5-6-7-8-9-10-11-12-16-14-23(21(27)22-20(16)26)19-13-17(25)18(15-24)28-19/h14,17-19,24-25H,2-10,13,15H2,1H3,(H,22,26,27)/t17?,18-,19-/m0/s1. The van der Waals surface area contributed by atoms with Crippen LogP contribution < -0.4 is 11.2 Å². The predicted molar refractivity (Wildman–Crippen MR) is 107 cm³/mol. The van der Waals surface area contributed by atoms with Gasteiger partial charge in [0.25, 0.3) is 5.56 Å². The molecule has 28 heavy (non-hydrogen) atoms. The van der Waals surface area contributed by atoms with Crippen LogP contribution in [-0.4, -0.2) is 38.6 Å². The smallest absolute Gasteiger partial charge is 0.330 e. The Labute approximate surface area is 165 Å². The lowest BCUT2D eigenvalue weighted by Crippen LogP contribution is -2.33. The average molecular weight is 392 g/mol. The van der Waals surface area contributed by atoms with Crippen molar-refractivity contribution in [2.75, 3.05) is 6.61 Å². The first-order chi connectivity index (χ1) is 13.6. The largest absolute Gasteiger partial charge is 0.394 e.